The van der Waals surface area contributed by atoms with Crippen LogP contribution in [0.1, 0.15) is 21.6 Å². The minimum absolute atomic E-state index is 0.0805. The molecule has 2 rings (SSSR count). The first-order valence-electron chi connectivity index (χ1n) is 6.62. The molecule has 0 aliphatic carbocycles. The van der Waals surface area contributed by atoms with E-state index < -0.39 is 0 Å². The SMILES string of the molecule is COc1ccc(CN(C)C(=O)c2cc(C)nc(N)c2)cc1. The van der Waals surface area contributed by atoms with E-state index in [1.54, 1.807) is 31.2 Å². The molecule has 110 valence electrons. The predicted octanol–water partition coefficient (Wildman–Crippen LogP) is 2.25. The Bertz CT molecular complexity index is 618. The Morgan fingerprint density at radius 2 is 1.95 bits per heavy atom. The van der Waals surface area contributed by atoms with Crippen LogP contribution in [0, 0.1) is 6.92 Å². The summed E-state index contributed by atoms with van der Waals surface area (Å²) >= 11 is 0. The fourth-order valence-corrected chi connectivity index (χ4v) is 2.11. The third-order valence-corrected chi connectivity index (χ3v) is 3.15. The molecule has 1 aromatic carbocycles. The largest absolute Gasteiger partial charge is 0.497 e. The number of rotatable bonds is 4. The lowest BCUT2D eigenvalue weighted by molar-refractivity contribution is 0.0785. The number of nitrogen functional groups attached to an aromatic ring is 1. The zero-order chi connectivity index (χ0) is 15.4. The first-order valence-corrected chi connectivity index (χ1v) is 6.62. The van der Waals surface area contributed by atoms with Gasteiger partial charge in [-0.05, 0) is 36.8 Å². The fourth-order valence-electron chi connectivity index (χ4n) is 2.11. The van der Waals surface area contributed by atoms with E-state index in [2.05, 4.69) is 4.98 Å². The van der Waals surface area contributed by atoms with Crippen molar-refractivity contribution in [3.63, 3.8) is 0 Å². The van der Waals surface area contributed by atoms with Crippen LogP contribution >= 0.6 is 0 Å². The summed E-state index contributed by atoms with van der Waals surface area (Å²) in [6, 6.07) is 11.0. The zero-order valence-electron chi connectivity index (χ0n) is 12.5. The zero-order valence-corrected chi connectivity index (χ0v) is 12.5. The molecule has 5 heteroatoms. The molecule has 1 amide bonds. The van der Waals surface area contributed by atoms with Crippen molar-refractivity contribution in [3.8, 4) is 5.75 Å². The summed E-state index contributed by atoms with van der Waals surface area (Å²) in [4.78, 5) is 18.1. The maximum absolute atomic E-state index is 12.4. The number of hydrogen-bond donors (Lipinski definition) is 1. The van der Waals surface area contributed by atoms with Gasteiger partial charge >= 0.3 is 0 Å². The average Bonchev–Trinajstić information content (AvgIpc) is 2.46. The number of pyridine rings is 1. The van der Waals surface area contributed by atoms with Crippen LogP contribution in [0.25, 0.3) is 0 Å². The van der Waals surface area contributed by atoms with Crippen molar-refractivity contribution >= 4 is 11.7 Å². The molecule has 21 heavy (non-hydrogen) atoms. The lowest BCUT2D eigenvalue weighted by Gasteiger charge is -2.18. The molecule has 0 atom stereocenters. The number of carbonyl (C=O) groups is 1. The summed E-state index contributed by atoms with van der Waals surface area (Å²) in [5.74, 6) is 1.07. The highest BCUT2D eigenvalue weighted by Gasteiger charge is 2.13. The van der Waals surface area contributed by atoms with Gasteiger partial charge in [-0.2, -0.15) is 0 Å². The third kappa shape index (κ3) is 3.72. The number of nitrogens with two attached hydrogens (primary N) is 1. The van der Waals surface area contributed by atoms with E-state index in [9.17, 15) is 4.79 Å². The highest BCUT2D eigenvalue weighted by Crippen LogP contribution is 2.15. The van der Waals surface area contributed by atoms with Crippen molar-refractivity contribution in [2.24, 2.45) is 0 Å². The molecule has 0 bridgehead atoms. The van der Waals surface area contributed by atoms with Gasteiger partial charge in [-0.15, -0.1) is 0 Å². The summed E-state index contributed by atoms with van der Waals surface area (Å²) in [6.07, 6.45) is 0. The molecule has 0 saturated carbocycles. The second-order valence-electron chi connectivity index (χ2n) is 4.93. The molecule has 0 radical (unpaired) electrons. The number of anilines is 1. The number of aromatic nitrogens is 1. The molecule has 0 saturated heterocycles. The first-order chi connectivity index (χ1) is 9.99. The Kier molecular flexibility index (Phi) is 4.42. The monoisotopic (exact) mass is 285 g/mol. The minimum Gasteiger partial charge on any atom is -0.497 e. The Hall–Kier alpha value is -2.56. The highest BCUT2D eigenvalue weighted by molar-refractivity contribution is 5.94. The molecule has 1 aromatic heterocycles. The predicted molar refractivity (Wildman–Crippen MR) is 82.2 cm³/mol. The lowest BCUT2D eigenvalue weighted by atomic mass is 10.1. The Morgan fingerprint density at radius 3 is 2.52 bits per heavy atom. The van der Waals surface area contributed by atoms with E-state index in [4.69, 9.17) is 10.5 Å². The molecule has 5 nitrogen and oxygen atoms in total. The number of hydrogen-bond acceptors (Lipinski definition) is 4. The van der Waals surface area contributed by atoms with Crippen molar-refractivity contribution < 1.29 is 9.53 Å². The summed E-state index contributed by atoms with van der Waals surface area (Å²) in [5.41, 5.74) is 8.00. The van der Waals surface area contributed by atoms with Crippen LogP contribution in [0.3, 0.4) is 0 Å². The van der Waals surface area contributed by atoms with Crippen molar-refractivity contribution in [3.05, 3.63) is 53.2 Å². The molecule has 0 spiro atoms. The van der Waals surface area contributed by atoms with Gasteiger partial charge in [-0.1, -0.05) is 12.1 Å². The van der Waals surface area contributed by atoms with E-state index in [-0.39, 0.29) is 5.91 Å². The first kappa shape index (κ1) is 14.8. The molecule has 0 unspecified atom stereocenters. The molecule has 0 aliphatic heterocycles. The number of carbonyl (C=O) groups excluding carboxylic acids is 1. The van der Waals surface area contributed by atoms with Gasteiger partial charge in [-0.25, -0.2) is 4.98 Å². The number of aryl methyl sites for hydroxylation is 1. The van der Waals surface area contributed by atoms with Crippen LogP contribution in [-0.4, -0.2) is 29.9 Å². The van der Waals surface area contributed by atoms with Crippen molar-refractivity contribution in [2.75, 3.05) is 19.9 Å². The van der Waals surface area contributed by atoms with Crippen molar-refractivity contribution in [1.29, 1.82) is 0 Å². The Balaban J connectivity index is 2.11. The summed E-state index contributed by atoms with van der Waals surface area (Å²) < 4.78 is 5.12. The van der Waals surface area contributed by atoms with Crippen molar-refractivity contribution in [1.82, 2.24) is 9.88 Å². The van der Waals surface area contributed by atoms with Crippen LogP contribution in [0.4, 0.5) is 5.82 Å². The number of amides is 1. The van der Waals surface area contributed by atoms with Crippen LogP contribution < -0.4 is 10.5 Å². The smallest absolute Gasteiger partial charge is 0.254 e. The van der Waals surface area contributed by atoms with Gasteiger partial charge in [0.2, 0.25) is 0 Å². The number of nitrogens with zero attached hydrogens (tertiary/aromatic N) is 2. The van der Waals surface area contributed by atoms with Crippen LogP contribution in [0.2, 0.25) is 0 Å². The summed E-state index contributed by atoms with van der Waals surface area (Å²) in [7, 11) is 3.39. The third-order valence-electron chi connectivity index (χ3n) is 3.15. The normalized spacial score (nSPS) is 10.2. The van der Waals surface area contributed by atoms with Crippen LogP contribution in [-0.2, 0) is 6.54 Å². The molecule has 2 aromatic rings. The van der Waals surface area contributed by atoms with E-state index in [0.29, 0.717) is 17.9 Å². The second kappa shape index (κ2) is 6.26. The molecular weight excluding hydrogens is 266 g/mol. The Morgan fingerprint density at radius 1 is 1.29 bits per heavy atom. The topological polar surface area (TPSA) is 68.5 Å². The maximum atomic E-state index is 12.4. The summed E-state index contributed by atoms with van der Waals surface area (Å²) in [5, 5.41) is 0. The number of methoxy groups -OCH3 is 1. The summed E-state index contributed by atoms with van der Waals surface area (Å²) in [6.45, 7) is 2.33. The van der Waals surface area contributed by atoms with Crippen molar-refractivity contribution in [2.45, 2.75) is 13.5 Å². The van der Waals surface area contributed by atoms with Gasteiger partial charge in [-0.3, -0.25) is 4.79 Å². The molecule has 0 fully saturated rings. The quantitative estimate of drug-likeness (QED) is 0.935. The minimum atomic E-state index is -0.0805. The van der Waals surface area contributed by atoms with Gasteiger partial charge in [0.15, 0.2) is 0 Å². The number of ether oxygens (including phenoxy) is 1. The van der Waals surface area contributed by atoms with Crippen LogP contribution in [0.15, 0.2) is 36.4 Å². The van der Waals surface area contributed by atoms with Gasteiger partial charge in [0.25, 0.3) is 5.91 Å². The van der Waals surface area contributed by atoms with Gasteiger partial charge in [0, 0.05) is 24.8 Å². The maximum Gasteiger partial charge on any atom is 0.254 e. The second-order valence-corrected chi connectivity index (χ2v) is 4.93. The van der Waals surface area contributed by atoms with Gasteiger partial charge in [0.05, 0.1) is 7.11 Å². The standard InChI is InChI=1S/C16H19N3O2/c1-11-8-13(9-15(17)18-11)16(20)19(2)10-12-4-6-14(21-3)7-5-12/h4-9H,10H2,1-3H3,(H2,17,18). The molecule has 2 N–H and O–H groups in total. The van der Waals surface area contributed by atoms with E-state index in [0.717, 1.165) is 17.0 Å². The van der Waals surface area contributed by atoms with E-state index in [1.165, 1.54) is 0 Å². The van der Waals surface area contributed by atoms with Gasteiger partial charge in [0.1, 0.15) is 11.6 Å². The average molecular weight is 285 g/mol. The molecule has 1 heterocycles. The van der Waals surface area contributed by atoms with Gasteiger partial charge < -0.3 is 15.4 Å². The van der Waals surface area contributed by atoms with Crippen LogP contribution in [0.5, 0.6) is 5.75 Å². The van der Waals surface area contributed by atoms with E-state index in [1.807, 2.05) is 31.2 Å². The molecular formula is C16H19N3O2. The molecule has 0 aliphatic rings. The number of benzene rings is 1. The lowest BCUT2D eigenvalue weighted by Crippen LogP contribution is -2.26. The van der Waals surface area contributed by atoms with E-state index >= 15 is 0 Å². The Labute approximate surface area is 124 Å². The fraction of sp³-hybridized carbons (Fsp3) is 0.250. The highest BCUT2D eigenvalue weighted by atomic mass is 16.5.